The molecule has 1 heterocycles. The van der Waals surface area contributed by atoms with E-state index in [4.69, 9.17) is 19.8 Å². The van der Waals surface area contributed by atoms with E-state index in [0.29, 0.717) is 12.1 Å². The Labute approximate surface area is 191 Å². The highest BCUT2D eigenvalue weighted by Crippen LogP contribution is 2.09. The molecule has 2 aromatic carbocycles. The van der Waals surface area contributed by atoms with Crippen LogP contribution in [0, 0.1) is 5.82 Å². The van der Waals surface area contributed by atoms with Gasteiger partial charge in [-0.05, 0) is 29.8 Å². The molecule has 3 rings (SSSR count). The number of hydrogen-bond acceptors (Lipinski definition) is 5. The van der Waals surface area contributed by atoms with Crippen LogP contribution in [-0.4, -0.2) is 77.1 Å². The first-order valence-corrected chi connectivity index (χ1v) is 10.5. The molecule has 0 atom stereocenters. The number of aliphatic carboxylic acids is 2. The van der Waals surface area contributed by atoms with Gasteiger partial charge in [0.2, 0.25) is 5.91 Å². The van der Waals surface area contributed by atoms with Gasteiger partial charge in [-0.25, -0.2) is 14.0 Å². The van der Waals surface area contributed by atoms with E-state index in [-0.39, 0.29) is 11.7 Å². The third-order valence-corrected chi connectivity index (χ3v) is 4.90. The van der Waals surface area contributed by atoms with Crippen LogP contribution in [0.4, 0.5) is 10.1 Å². The molecule has 2 aromatic rings. The van der Waals surface area contributed by atoms with Gasteiger partial charge in [0.25, 0.3) is 0 Å². The van der Waals surface area contributed by atoms with Crippen LogP contribution < -0.4 is 5.32 Å². The van der Waals surface area contributed by atoms with E-state index >= 15 is 0 Å². The van der Waals surface area contributed by atoms with Crippen LogP contribution in [0.3, 0.4) is 0 Å². The fourth-order valence-electron chi connectivity index (χ4n) is 3.11. The van der Waals surface area contributed by atoms with E-state index in [9.17, 15) is 9.18 Å². The van der Waals surface area contributed by atoms with E-state index in [1.807, 2.05) is 18.2 Å². The maximum Gasteiger partial charge on any atom is 0.414 e. The molecular weight excluding hydrogens is 429 g/mol. The van der Waals surface area contributed by atoms with Crippen LogP contribution in [0.15, 0.2) is 60.7 Å². The summed E-state index contributed by atoms with van der Waals surface area (Å²) in [7, 11) is 0. The summed E-state index contributed by atoms with van der Waals surface area (Å²) >= 11 is 0. The van der Waals surface area contributed by atoms with Crippen LogP contribution >= 0.6 is 0 Å². The largest absolute Gasteiger partial charge is 0.473 e. The van der Waals surface area contributed by atoms with Gasteiger partial charge >= 0.3 is 11.9 Å². The number of anilines is 1. The van der Waals surface area contributed by atoms with Gasteiger partial charge in [-0.3, -0.25) is 9.69 Å². The van der Waals surface area contributed by atoms with Gasteiger partial charge in [0.05, 0.1) is 0 Å². The molecule has 1 amide bonds. The lowest BCUT2D eigenvalue weighted by atomic mass is 10.2. The molecule has 3 N–H and O–H groups in total. The Kier molecular flexibility index (Phi) is 10.7. The predicted molar refractivity (Wildman–Crippen MR) is 123 cm³/mol. The molecule has 0 bridgehead atoms. The summed E-state index contributed by atoms with van der Waals surface area (Å²) in [5.41, 5.74) is 1.86. The second-order valence-electron chi connectivity index (χ2n) is 7.37. The Morgan fingerprint density at radius 2 is 1.45 bits per heavy atom. The van der Waals surface area contributed by atoms with E-state index in [0.717, 1.165) is 39.3 Å². The summed E-state index contributed by atoms with van der Waals surface area (Å²) in [4.78, 5) is 35.0. The number of hydrogen-bond donors (Lipinski definition) is 3. The molecule has 33 heavy (non-hydrogen) atoms. The van der Waals surface area contributed by atoms with Gasteiger partial charge in [-0.15, -0.1) is 0 Å². The molecule has 8 nitrogen and oxygen atoms in total. The van der Waals surface area contributed by atoms with E-state index in [1.165, 1.54) is 17.7 Å². The molecule has 0 unspecified atom stereocenters. The first-order valence-electron chi connectivity index (χ1n) is 10.5. The minimum absolute atomic E-state index is 0.0326. The average Bonchev–Trinajstić information content (AvgIpc) is 2.81. The fourth-order valence-corrected chi connectivity index (χ4v) is 3.11. The summed E-state index contributed by atoms with van der Waals surface area (Å²) in [6.45, 7) is 5.68. The van der Waals surface area contributed by atoms with Crippen LogP contribution in [-0.2, 0) is 14.4 Å². The molecule has 0 spiro atoms. The highest BCUT2D eigenvalue weighted by molar-refractivity contribution is 6.27. The lowest BCUT2D eigenvalue weighted by molar-refractivity contribution is -0.159. The third-order valence-electron chi connectivity index (χ3n) is 4.90. The molecule has 1 fully saturated rings. The molecule has 1 aliphatic heterocycles. The minimum atomic E-state index is -1.82. The van der Waals surface area contributed by atoms with E-state index < -0.39 is 11.9 Å². The molecule has 176 valence electrons. The molecule has 0 saturated carbocycles. The lowest BCUT2D eigenvalue weighted by Crippen LogP contribution is -2.46. The van der Waals surface area contributed by atoms with Gasteiger partial charge in [0.1, 0.15) is 5.82 Å². The van der Waals surface area contributed by atoms with Crippen molar-refractivity contribution < 1.29 is 29.0 Å². The van der Waals surface area contributed by atoms with Crippen molar-refractivity contribution in [1.29, 1.82) is 0 Å². The number of carboxylic acid groups (broad SMARTS) is 2. The highest BCUT2D eigenvalue weighted by atomic mass is 19.1. The molecule has 0 aliphatic carbocycles. The zero-order valence-electron chi connectivity index (χ0n) is 18.2. The molecular formula is C24H28FN3O5. The van der Waals surface area contributed by atoms with Gasteiger partial charge in [-0.1, -0.05) is 42.5 Å². The van der Waals surface area contributed by atoms with Gasteiger partial charge in [0, 0.05) is 51.4 Å². The van der Waals surface area contributed by atoms with E-state index in [1.54, 1.807) is 12.1 Å². The van der Waals surface area contributed by atoms with Gasteiger partial charge in [-0.2, -0.15) is 0 Å². The smallest absolute Gasteiger partial charge is 0.414 e. The standard InChI is InChI=1S/C22H26FN3O.C2H2O4/c23-20-8-10-21(11-9-20)24-22(27)12-14-26-17-15-25(16-18-26)13-4-7-19-5-2-1-3-6-19;3-1(4)2(5)6/h1-11H,12-18H2,(H,24,27);(H,3,4)(H,5,6). The molecule has 1 saturated heterocycles. The monoisotopic (exact) mass is 457 g/mol. The van der Waals surface area contributed by atoms with Crippen molar-refractivity contribution in [2.45, 2.75) is 6.42 Å². The normalized spacial score (nSPS) is 14.3. The van der Waals surface area contributed by atoms with Crippen LogP contribution in [0.25, 0.3) is 6.08 Å². The number of carboxylic acids is 2. The first-order chi connectivity index (χ1) is 15.8. The molecule has 0 radical (unpaired) electrons. The van der Waals surface area contributed by atoms with Crippen molar-refractivity contribution in [1.82, 2.24) is 9.80 Å². The number of halogens is 1. The number of carbonyl (C=O) groups excluding carboxylic acids is 1. The third kappa shape index (κ3) is 10.5. The Balaban J connectivity index is 0.000000569. The second-order valence-corrected chi connectivity index (χ2v) is 7.37. The SMILES string of the molecule is O=C(CCN1CCN(CC=Cc2ccccc2)CC1)Nc1ccc(F)cc1.O=C(O)C(=O)O. The van der Waals surface area contributed by atoms with Crippen LogP contribution in [0.5, 0.6) is 0 Å². The molecule has 1 aliphatic rings. The summed E-state index contributed by atoms with van der Waals surface area (Å²) in [5.74, 6) is -3.98. The van der Waals surface area contributed by atoms with Crippen molar-refractivity contribution >= 4 is 29.6 Å². The lowest BCUT2D eigenvalue weighted by Gasteiger charge is -2.34. The maximum atomic E-state index is 12.9. The number of carbonyl (C=O) groups is 3. The van der Waals surface area contributed by atoms with Gasteiger partial charge < -0.3 is 20.4 Å². The van der Waals surface area contributed by atoms with Crippen LogP contribution in [0.1, 0.15) is 12.0 Å². The number of piperazine rings is 1. The summed E-state index contributed by atoms with van der Waals surface area (Å²) in [6, 6.07) is 16.2. The zero-order valence-corrected chi connectivity index (χ0v) is 18.2. The highest BCUT2D eigenvalue weighted by Gasteiger charge is 2.16. The van der Waals surface area contributed by atoms with Crippen molar-refractivity contribution in [3.8, 4) is 0 Å². The number of benzene rings is 2. The molecule has 0 aromatic heterocycles. The minimum Gasteiger partial charge on any atom is -0.473 e. The second kappa shape index (κ2) is 13.8. The van der Waals surface area contributed by atoms with Gasteiger partial charge in [0.15, 0.2) is 0 Å². The van der Waals surface area contributed by atoms with Crippen molar-refractivity contribution in [2.75, 3.05) is 44.6 Å². The summed E-state index contributed by atoms with van der Waals surface area (Å²) < 4.78 is 12.9. The Morgan fingerprint density at radius 1 is 0.879 bits per heavy atom. The van der Waals surface area contributed by atoms with Crippen LogP contribution in [0.2, 0.25) is 0 Å². The Hall–Kier alpha value is -3.56. The Bertz CT molecular complexity index is 915. The van der Waals surface area contributed by atoms with Crippen molar-refractivity contribution in [3.05, 3.63) is 72.1 Å². The van der Waals surface area contributed by atoms with Crippen molar-refractivity contribution in [3.63, 3.8) is 0 Å². The maximum absolute atomic E-state index is 12.9. The molecule has 9 heteroatoms. The summed E-state index contributed by atoms with van der Waals surface area (Å²) in [5, 5.41) is 17.6. The number of rotatable bonds is 7. The average molecular weight is 458 g/mol. The summed E-state index contributed by atoms with van der Waals surface area (Å²) in [6.07, 6.45) is 4.82. The predicted octanol–water partition coefficient (Wildman–Crippen LogP) is 2.64. The first kappa shape index (κ1) is 25.7. The van der Waals surface area contributed by atoms with E-state index in [2.05, 4.69) is 39.4 Å². The quantitative estimate of drug-likeness (QED) is 0.548. The van der Waals surface area contributed by atoms with Crippen molar-refractivity contribution in [2.24, 2.45) is 0 Å². The number of amides is 1. The number of nitrogens with zero attached hydrogens (tertiary/aromatic N) is 2. The zero-order chi connectivity index (χ0) is 24.1. The Morgan fingerprint density at radius 3 is 2.03 bits per heavy atom. The topological polar surface area (TPSA) is 110 Å². The number of nitrogens with one attached hydrogen (secondary N) is 1. The fraction of sp³-hybridized carbons (Fsp3) is 0.292.